The highest BCUT2D eigenvalue weighted by Gasteiger charge is 2.26. The summed E-state index contributed by atoms with van der Waals surface area (Å²) < 4.78 is 0. The fraction of sp³-hybridized carbons (Fsp3) is 0.0667. The van der Waals surface area contributed by atoms with Gasteiger partial charge in [0.25, 0.3) is 5.91 Å². The third-order valence-corrected chi connectivity index (χ3v) is 3.09. The number of amides is 1. The van der Waals surface area contributed by atoms with Crippen LogP contribution in [0, 0.1) is 11.3 Å². The van der Waals surface area contributed by atoms with Crippen molar-refractivity contribution in [3.63, 3.8) is 0 Å². The summed E-state index contributed by atoms with van der Waals surface area (Å²) in [4.78, 5) is 13.8. The molecule has 0 aromatic heterocycles. The minimum absolute atomic E-state index is 0.0681. The number of para-hydroxylation sites is 3. The van der Waals surface area contributed by atoms with Gasteiger partial charge in [-0.25, -0.2) is 0 Å². The molecule has 0 atom stereocenters. The number of hydrogen-bond donors (Lipinski definition) is 1. The van der Waals surface area contributed by atoms with Gasteiger partial charge >= 0.3 is 0 Å². The van der Waals surface area contributed by atoms with Crippen LogP contribution in [0.5, 0.6) is 0 Å². The van der Waals surface area contributed by atoms with Gasteiger partial charge in [-0.3, -0.25) is 9.69 Å². The number of benzene rings is 2. The average molecular weight is 249 g/mol. The first-order chi connectivity index (χ1) is 9.31. The molecule has 1 amide bonds. The molecule has 2 aromatic rings. The monoisotopic (exact) mass is 249 g/mol. The number of anilines is 3. The van der Waals surface area contributed by atoms with Crippen molar-refractivity contribution in [3.8, 4) is 6.07 Å². The first-order valence-electron chi connectivity index (χ1n) is 5.96. The maximum absolute atomic E-state index is 12.2. The highest BCUT2D eigenvalue weighted by atomic mass is 16.2. The normalized spacial score (nSPS) is 13.4. The standard InChI is InChI=1S/C15H11N3O/c16-9-11-5-1-3-7-13(11)18-14-8-4-2-6-12(14)17-10-15(18)19/h1-8,17H,10H2. The summed E-state index contributed by atoms with van der Waals surface area (Å²) in [5.41, 5.74) is 2.80. The lowest BCUT2D eigenvalue weighted by Gasteiger charge is -2.30. The van der Waals surface area contributed by atoms with Crippen molar-refractivity contribution in [2.75, 3.05) is 16.8 Å². The molecular weight excluding hydrogens is 238 g/mol. The SMILES string of the molecule is N#Cc1ccccc1N1C(=O)CNc2ccccc21. The summed E-state index contributed by atoms with van der Waals surface area (Å²) in [6.45, 7) is 0.233. The van der Waals surface area contributed by atoms with Crippen LogP contribution in [0.1, 0.15) is 5.56 Å². The fourth-order valence-corrected chi connectivity index (χ4v) is 2.23. The molecule has 3 rings (SSSR count). The molecule has 4 heteroatoms. The van der Waals surface area contributed by atoms with Crippen molar-refractivity contribution in [2.45, 2.75) is 0 Å². The van der Waals surface area contributed by atoms with Crippen LogP contribution in [-0.4, -0.2) is 12.5 Å². The van der Waals surface area contributed by atoms with Gasteiger partial charge in [-0.2, -0.15) is 5.26 Å². The van der Waals surface area contributed by atoms with Gasteiger partial charge in [0.15, 0.2) is 0 Å². The summed E-state index contributed by atoms with van der Waals surface area (Å²) in [7, 11) is 0. The molecule has 0 radical (unpaired) electrons. The van der Waals surface area contributed by atoms with Gasteiger partial charge in [0.05, 0.1) is 29.2 Å². The predicted octanol–water partition coefficient (Wildman–Crippen LogP) is 2.65. The zero-order valence-electron chi connectivity index (χ0n) is 10.1. The quantitative estimate of drug-likeness (QED) is 0.845. The maximum Gasteiger partial charge on any atom is 0.250 e. The lowest BCUT2D eigenvalue weighted by Crippen LogP contribution is -2.36. The van der Waals surface area contributed by atoms with Crippen molar-refractivity contribution < 1.29 is 4.79 Å². The Balaban J connectivity index is 2.20. The third-order valence-electron chi connectivity index (χ3n) is 3.09. The highest BCUT2D eigenvalue weighted by Crippen LogP contribution is 2.36. The molecule has 1 aliphatic rings. The van der Waals surface area contributed by atoms with Crippen LogP contribution in [0.3, 0.4) is 0 Å². The maximum atomic E-state index is 12.2. The van der Waals surface area contributed by atoms with Crippen molar-refractivity contribution in [2.24, 2.45) is 0 Å². The molecule has 92 valence electrons. The van der Waals surface area contributed by atoms with Gasteiger partial charge in [0, 0.05) is 0 Å². The molecule has 0 saturated carbocycles. The zero-order chi connectivity index (χ0) is 13.2. The zero-order valence-corrected chi connectivity index (χ0v) is 10.1. The first-order valence-corrected chi connectivity index (χ1v) is 5.96. The first kappa shape index (κ1) is 11.3. The number of hydrogen-bond acceptors (Lipinski definition) is 3. The van der Waals surface area contributed by atoms with Crippen LogP contribution in [0.2, 0.25) is 0 Å². The van der Waals surface area contributed by atoms with E-state index in [0.717, 1.165) is 11.4 Å². The molecule has 1 heterocycles. The molecule has 0 fully saturated rings. The Morgan fingerprint density at radius 1 is 1.05 bits per heavy atom. The number of carbonyl (C=O) groups excluding carboxylic acids is 1. The number of nitrogens with zero attached hydrogens (tertiary/aromatic N) is 2. The van der Waals surface area contributed by atoms with Crippen LogP contribution in [-0.2, 0) is 4.79 Å². The van der Waals surface area contributed by atoms with Gasteiger partial charge in [-0.15, -0.1) is 0 Å². The van der Waals surface area contributed by atoms with Gasteiger partial charge < -0.3 is 5.32 Å². The molecule has 0 aliphatic carbocycles. The Morgan fingerprint density at radius 3 is 2.53 bits per heavy atom. The van der Waals surface area contributed by atoms with E-state index in [2.05, 4.69) is 11.4 Å². The minimum Gasteiger partial charge on any atom is -0.374 e. The van der Waals surface area contributed by atoms with E-state index in [0.29, 0.717) is 11.3 Å². The lowest BCUT2D eigenvalue weighted by atomic mass is 10.1. The van der Waals surface area contributed by atoms with Crippen molar-refractivity contribution in [3.05, 3.63) is 54.1 Å². The molecule has 1 N–H and O–H groups in total. The molecule has 0 saturated heterocycles. The Bertz CT molecular complexity index is 688. The molecule has 0 bridgehead atoms. The Kier molecular flexibility index (Phi) is 2.66. The fourth-order valence-electron chi connectivity index (χ4n) is 2.23. The molecule has 4 nitrogen and oxygen atoms in total. The van der Waals surface area contributed by atoms with Crippen LogP contribution in [0.4, 0.5) is 17.1 Å². The Hall–Kier alpha value is -2.80. The van der Waals surface area contributed by atoms with E-state index in [9.17, 15) is 10.1 Å². The smallest absolute Gasteiger partial charge is 0.250 e. The van der Waals surface area contributed by atoms with E-state index in [1.807, 2.05) is 30.3 Å². The van der Waals surface area contributed by atoms with Crippen molar-refractivity contribution >= 4 is 23.0 Å². The van der Waals surface area contributed by atoms with Gasteiger partial charge in [0.1, 0.15) is 6.07 Å². The number of nitriles is 1. The Labute approximate surface area is 110 Å². The highest BCUT2D eigenvalue weighted by molar-refractivity contribution is 6.08. The van der Waals surface area contributed by atoms with Gasteiger partial charge in [-0.1, -0.05) is 24.3 Å². The van der Waals surface area contributed by atoms with E-state index < -0.39 is 0 Å². The number of rotatable bonds is 1. The Morgan fingerprint density at radius 2 is 1.74 bits per heavy atom. The van der Waals surface area contributed by atoms with E-state index in [-0.39, 0.29) is 12.5 Å². The number of carbonyl (C=O) groups is 1. The molecular formula is C15H11N3O. The van der Waals surface area contributed by atoms with Crippen LogP contribution >= 0.6 is 0 Å². The summed E-state index contributed by atoms with van der Waals surface area (Å²) in [6, 6.07) is 16.8. The number of nitrogens with one attached hydrogen (secondary N) is 1. The van der Waals surface area contributed by atoms with Gasteiger partial charge in [0.2, 0.25) is 0 Å². The van der Waals surface area contributed by atoms with E-state index in [1.54, 1.807) is 23.1 Å². The molecule has 1 aliphatic heterocycles. The molecule has 0 spiro atoms. The third kappa shape index (κ3) is 1.81. The van der Waals surface area contributed by atoms with Crippen LogP contribution < -0.4 is 10.2 Å². The van der Waals surface area contributed by atoms with Crippen molar-refractivity contribution in [1.82, 2.24) is 0 Å². The summed E-state index contributed by atoms with van der Waals surface area (Å²) >= 11 is 0. The molecule has 2 aromatic carbocycles. The lowest BCUT2D eigenvalue weighted by molar-refractivity contribution is -0.116. The second kappa shape index (κ2) is 4.46. The predicted molar refractivity (Wildman–Crippen MR) is 73.2 cm³/mol. The summed E-state index contributed by atoms with van der Waals surface area (Å²) in [5.74, 6) is -0.0681. The van der Waals surface area contributed by atoms with E-state index >= 15 is 0 Å². The van der Waals surface area contributed by atoms with Crippen LogP contribution in [0.15, 0.2) is 48.5 Å². The number of fused-ring (bicyclic) bond motifs is 1. The van der Waals surface area contributed by atoms with E-state index in [1.165, 1.54) is 0 Å². The molecule has 19 heavy (non-hydrogen) atoms. The van der Waals surface area contributed by atoms with Gasteiger partial charge in [-0.05, 0) is 24.3 Å². The van der Waals surface area contributed by atoms with E-state index in [4.69, 9.17) is 0 Å². The largest absolute Gasteiger partial charge is 0.374 e. The summed E-state index contributed by atoms with van der Waals surface area (Å²) in [5, 5.41) is 12.3. The second-order valence-electron chi connectivity index (χ2n) is 4.23. The van der Waals surface area contributed by atoms with Crippen molar-refractivity contribution in [1.29, 1.82) is 5.26 Å². The second-order valence-corrected chi connectivity index (χ2v) is 4.23. The summed E-state index contributed by atoms with van der Waals surface area (Å²) in [6.07, 6.45) is 0. The topological polar surface area (TPSA) is 56.1 Å². The van der Waals surface area contributed by atoms with Crippen LogP contribution in [0.25, 0.3) is 0 Å². The molecule has 0 unspecified atom stereocenters. The minimum atomic E-state index is -0.0681. The average Bonchev–Trinajstić information content (AvgIpc) is 2.47.